The third-order valence-corrected chi connectivity index (χ3v) is 5.53. The van der Waals surface area contributed by atoms with Crippen LogP contribution < -0.4 is 5.32 Å². The minimum Gasteiger partial charge on any atom is -0.313 e. The molecule has 0 aromatic carbocycles. The van der Waals surface area contributed by atoms with Gasteiger partial charge in [0, 0.05) is 18.6 Å². The third kappa shape index (κ3) is 4.46. The van der Waals surface area contributed by atoms with Gasteiger partial charge in [-0.25, -0.2) is 0 Å². The van der Waals surface area contributed by atoms with Crippen molar-refractivity contribution in [1.29, 1.82) is 0 Å². The molecule has 0 spiro atoms. The van der Waals surface area contributed by atoms with E-state index < -0.39 is 0 Å². The SMILES string of the molecule is CCNC(CN(C)C1CCC(C)CC1)C1CCCC1. The minimum atomic E-state index is 0.733. The first-order chi connectivity index (χ1) is 9.20. The van der Waals surface area contributed by atoms with Crippen molar-refractivity contribution < 1.29 is 0 Å². The van der Waals surface area contributed by atoms with Crippen molar-refractivity contribution >= 4 is 0 Å². The highest BCUT2D eigenvalue weighted by atomic mass is 15.2. The number of hydrogen-bond donors (Lipinski definition) is 1. The summed E-state index contributed by atoms with van der Waals surface area (Å²) >= 11 is 0. The van der Waals surface area contributed by atoms with Gasteiger partial charge in [0.2, 0.25) is 0 Å². The summed E-state index contributed by atoms with van der Waals surface area (Å²) in [7, 11) is 2.36. The van der Waals surface area contributed by atoms with Crippen LogP contribution in [0.1, 0.15) is 65.2 Å². The van der Waals surface area contributed by atoms with Gasteiger partial charge in [-0.2, -0.15) is 0 Å². The molecule has 2 nitrogen and oxygen atoms in total. The van der Waals surface area contributed by atoms with Gasteiger partial charge in [-0.15, -0.1) is 0 Å². The van der Waals surface area contributed by atoms with Crippen molar-refractivity contribution in [2.45, 2.75) is 77.3 Å². The second-order valence-electron chi connectivity index (χ2n) is 7.06. The topological polar surface area (TPSA) is 15.3 Å². The Balaban J connectivity index is 1.81. The molecule has 1 unspecified atom stereocenters. The highest BCUT2D eigenvalue weighted by molar-refractivity contribution is 4.85. The van der Waals surface area contributed by atoms with E-state index in [0.29, 0.717) is 0 Å². The zero-order valence-electron chi connectivity index (χ0n) is 13.3. The fraction of sp³-hybridized carbons (Fsp3) is 1.00. The quantitative estimate of drug-likeness (QED) is 0.789. The molecule has 2 saturated carbocycles. The van der Waals surface area contributed by atoms with Crippen molar-refractivity contribution in [2.24, 2.45) is 11.8 Å². The molecule has 0 aliphatic heterocycles. The van der Waals surface area contributed by atoms with Gasteiger partial charge in [-0.05, 0) is 64.0 Å². The van der Waals surface area contributed by atoms with Gasteiger partial charge in [-0.3, -0.25) is 0 Å². The maximum absolute atomic E-state index is 3.76. The first-order valence-corrected chi connectivity index (χ1v) is 8.64. The van der Waals surface area contributed by atoms with E-state index in [1.54, 1.807) is 0 Å². The lowest BCUT2D eigenvalue weighted by Crippen LogP contribution is -2.47. The number of rotatable bonds is 6. The second kappa shape index (κ2) is 7.64. The Bertz CT molecular complexity index is 240. The standard InChI is InChI=1S/C17H34N2/c1-4-18-17(15-7-5-6-8-15)13-19(3)16-11-9-14(2)10-12-16/h14-18H,4-13H2,1-3H3. The number of nitrogens with one attached hydrogen (secondary N) is 1. The van der Waals surface area contributed by atoms with E-state index >= 15 is 0 Å². The highest BCUT2D eigenvalue weighted by Gasteiger charge is 2.28. The van der Waals surface area contributed by atoms with Crippen LogP contribution >= 0.6 is 0 Å². The van der Waals surface area contributed by atoms with Crippen molar-refractivity contribution in [3.05, 3.63) is 0 Å². The molecule has 2 heteroatoms. The molecule has 0 aromatic rings. The summed E-state index contributed by atoms with van der Waals surface area (Å²) in [4.78, 5) is 2.66. The fourth-order valence-corrected chi connectivity index (χ4v) is 4.14. The van der Waals surface area contributed by atoms with Gasteiger partial charge in [0.25, 0.3) is 0 Å². The Morgan fingerprint density at radius 2 is 1.68 bits per heavy atom. The highest BCUT2D eigenvalue weighted by Crippen LogP contribution is 2.30. The van der Waals surface area contributed by atoms with E-state index in [-0.39, 0.29) is 0 Å². The zero-order chi connectivity index (χ0) is 13.7. The van der Waals surface area contributed by atoms with Crippen LogP contribution in [0.3, 0.4) is 0 Å². The molecule has 0 aromatic heterocycles. The molecular formula is C17H34N2. The molecule has 2 aliphatic carbocycles. The van der Waals surface area contributed by atoms with E-state index in [4.69, 9.17) is 0 Å². The first kappa shape index (κ1) is 15.3. The summed E-state index contributed by atoms with van der Waals surface area (Å²) in [5, 5.41) is 3.76. The zero-order valence-corrected chi connectivity index (χ0v) is 13.3. The van der Waals surface area contributed by atoms with Crippen LogP contribution in [0.25, 0.3) is 0 Å². The molecule has 112 valence electrons. The van der Waals surface area contributed by atoms with E-state index in [1.165, 1.54) is 57.9 Å². The van der Waals surface area contributed by atoms with Crippen LogP contribution in [0.15, 0.2) is 0 Å². The lowest BCUT2D eigenvalue weighted by atomic mass is 9.86. The Morgan fingerprint density at radius 1 is 1.05 bits per heavy atom. The van der Waals surface area contributed by atoms with Crippen LogP contribution in [-0.2, 0) is 0 Å². The van der Waals surface area contributed by atoms with Gasteiger partial charge in [0.15, 0.2) is 0 Å². The number of nitrogens with zero attached hydrogens (tertiary/aromatic N) is 1. The molecule has 2 fully saturated rings. The monoisotopic (exact) mass is 266 g/mol. The van der Waals surface area contributed by atoms with Gasteiger partial charge >= 0.3 is 0 Å². The molecule has 1 N–H and O–H groups in total. The van der Waals surface area contributed by atoms with Gasteiger partial charge < -0.3 is 10.2 Å². The summed E-state index contributed by atoms with van der Waals surface area (Å²) in [5.74, 6) is 1.90. The van der Waals surface area contributed by atoms with Gasteiger partial charge in [-0.1, -0.05) is 26.7 Å². The maximum atomic E-state index is 3.76. The van der Waals surface area contributed by atoms with Gasteiger partial charge in [0.1, 0.15) is 0 Å². The van der Waals surface area contributed by atoms with Crippen LogP contribution in [0, 0.1) is 11.8 Å². The molecule has 0 bridgehead atoms. The van der Waals surface area contributed by atoms with Gasteiger partial charge in [0.05, 0.1) is 0 Å². The smallest absolute Gasteiger partial charge is 0.0223 e. The lowest BCUT2D eigenvalue weighted by Gasteiger charge is -2.37. The number of likely N-dealkylation sites (N-methyl/N-ethyl adjacent to an activating group) is 2. The summed E-state index contributed by atoms with van der Waals surface area (Å²) in [6, 6.07) is 1.58. The van der Waals surface area contributed by atoms with E-state index in [1.807, 2.05) is 0 Å². The van der Waals surface area contributed by atoms with Crippen LogP contribution in [-0.4, -0.2) is 37.1 Å². The van der Waals surface area contributed by atoms with E-state index in [9.17, 15) is 0 Å². The van der Waals surface area contributed by atoms with Crippen LogP contribution in [0.4, 0.5) is 0 Å². The summed E-state index contributed by atoms with van der Waals surface area (Å²) in [5.41, 5.74) is 0. The third-order valence-electron chi connectivity index (χ3n) is 5.53. The molecule has 2 rings (SSSR count). The molecule has 0 heterocycles. The number of hydrogen-bond acceptors (Lipinski definition) is 2. The van der Waals surface area contributed by atoms with Crippen molar-refractivity contribution in [2.75, 3.05) is 20.1 Å². The molecule has 2 aliphatic rings. The Morgan fingerprint density at radius 3 is 2.26 bits per heavy atom. The summed E-state index contributed by atoms with van der Waals surface area (Å²) in [6.45, 7) is 7.05. The van der Waals surface area contributed by atoms with Crippen molar-refractivity contribution in [3.8, 4) is 0 Å². The lowest BCUT2D eigenvalue weighted by molar-refractivity contribution is 0.143. The molecular weight excluding hydrogens is 232 g/mol. The van der Waals surface area contributed by atoms with E-state index in [2.05, 4.69) is 31.1 Å². The molecule has 0 amide bonds. The second-order valence-corrected chi connectivity index (χ2v) is 7.06. The predicted octanol–water partition coefficient (Wildman–Crippen LogP) is 3.67. The predicted molar refractivity (Wildman–Crippen MR) is 83.5 cm³/mol. The first-order valence-electron chi connectivity index (χ1n) is 8.64. The molecule has 1 atom stereocenters. The minimum absolute atomic E-state index is 0.733. The van der Waals surface area contributed by atoms with E-state index in [0.717, 1.165) is 30.5 Å². The molecule has 0 saturated heterocycles. The molecule has 0 radical (unpaired) electrons. The summed E-state index contributed by atoms with van der Waals surface area (Å²) in [6.07, 6.45) is 11.5. The normalized spacial score (nSPS) is 30.9. The maximum Gasteiger partial charge on any atom is 0.0223 e. The average Bonchev–Trinajstić information content (AvgIpc) is 2.92. The fourth-order valence-electron chi connectivity index (χ4n) is 4.14. The molecule has 19 heavy (non-hydrogen) atoms. The average molecular weight is 266 g/mol. The van der Waals surface area contributed by atoms with Crippen molar-refractivity contribution in [3.63, 3.8) is 0 Å². The van der Waals surface area contributed by atoms with Crippen molar-refractivity contribution in [1.82, 2.24) is 10.2 Å². The largest absolute Gasteiger partial charge is 0.313 e. The Hall–Kier alpha value is -0.0800. The van der Waals surface area contributed by atoms with Crippen LogP contribution in [0.5, 0.6) is 0 Å². The summed E-state index contributed by atoms with van der Waals surface area (Å²) < 4.78 is 0. The van der Waals surface area contributed by atoms with Crippen LogP contribution in [0.2, 0.25) is 0 Å². The Labute approximate surface area is 120 Å². The Kier molecular flexibility index (Phi) is 6.15.